The van der Waals surface area contributed by atoms with Crippen molar-refractivity contribution in [3.63, 3.8) is 0 Å². The van der Waals surface area contributed by atoms with Crippen LogP contribution in [0.2, 0.25) is 0 Å². The number of nitrogens with one attached hydrogen (secondary N) is 1. The maximum absolute atomic E-state index is 10.6. The number of amides is 1. The number of nitrogens with two attached hydrogens (primary N) is 1. The van der Waals surface area contributed by atoms with Gasteiger partial charge in [0.2, 0.25) is 0 Å². The molecule has 1 unspecified atom stereocenters. The number of ether oxygens (including phenoxy) is 2. The van der Waals surface area contributed by atoms with Crippen molar-refractivity contribution < 1.29 is 14.3 Å². The predicted octanol–water partition coefficient (Wildman–Crippen LogP) is 2.94. The Kier molecular flexibility index (Phi) is 3.66. The minimum atomic E-state index is -0.792. The minimum absolute atomic E-state index is 0.135. The number of aromatic nitrogens is 1. The summed E-state index contributed by atoms with van der Waals surface area (Å²) < 4.78 is 11.4. The third-order valence-electron chi connectivity index (χ3n) is 3.01. The number of nitrogens with zero attached hydrogens (tertiary/aromatic N) is 1. The van der Waals surface area contributed by atoms with E-state index in [1.807, 2.05) is 30.3 Å². The average Bonchev–Trinajstić information content (AvgIpc) is 2.88. The van der Waals surface area contributed by atoms with E-state index in [0.29, 0.717) is 0 Å². The molecule has 108 valence electrons. The number of hydrogen-bond acceptors (Lipinski definition) is 5. The molecule has 3 rings (SSSR count). The molecule has 0 aliphatic carbocycles. The van der Waals surface area contributed by atoms with Crippen molar-refractivity contribution in [1.82, 2.24) is 4.98 Å². The number of rotatable bonds is 3. The first kappa shape index (κ1) is 13.7. The number of fused-ring (bicyclic) bond motifs is 1. The minimum Gasteiger partial charge on any atom is -0.464 e. The molecule has 2 aromatic rings. The summed E-state index contributed by atoms with van der Waals surface area (Å²) in [5, 5.41) is 3.26. The number of primary amides is 1. The van der Waals surface area contributed by atoms with E-state index in [-0.39, 0.29) is 12.8 Å². The summed E-state index contributed by atoms with van der Waals surface area (Å²) >= 11 is 3.34. The van der Waals surface area contributed by atoms with Gasteiger partial charge < -0.3 is 20.5 Å². The normalized spacial score (nSPS) is 15.8. The van der Waals surface area contributed by atoms with Crippen molar-refractivity contribution in [1.29, 1.82) is 0 Å². The molecule has 7 heteroatoms. The van der Waals surface area contributed by atoms with Gasteiger partial charge in [-0.15, -0.1) is 0 Å². The molecule has 6 nitrogen and oxygen atoms in total. The van der Waals surface area contributed by atoms with Crippen molar-refractivity contribution in [2.45, 2.75) is 12.8 Å². The highest BCUT2D eigenvalue weighted by Crippen LogP contribution is 2.38. The van der Waals surface area contributed by atoms with Gasteiger partial charge in [-0.05, 0) is 45.8 Å². The zero-order chi connectivity index (χ0) is 14.8. The number of carbonyl (C=O) groups excluding carboxylic acids is 1. The molecule has 0 saturated carbocycles. The highest BCUT2D eigenvalue weighted by molar-refractivity contribution is 9.10. The van der Waals surface area contributed by atoms with E-state index in [2.05, 4.69) is 26.2 Å². The second-order valence-electron chi connectivity index (χ2n) is 4.49. The van der Waals surface area contributed by atoms with E-state index < -0.39 is 6.09 Å². The summed E-state index contributed by atoms with van der Waals surface area (Å²) in [6, 6.07) is 9.30. The van der Waals surface area contributed by atoms with Crippen LogP contribution in [0.15, 0.2) is 41.1 Å². The molecule has 0 spiro atoms. The van der Waals surface area contributed by atoms with E-state index in [9.17, 15) is 4.79 Å². The Labute approximate surface area is 129 Å². The number of benzene rings is 1. The van der Waals surface area contributed by atoms with Crippen molar-refractivity contribution in [3.8, 4) is 5.75 Å². The summed E-state index contributed by atoms with van der Waals surface area (Å²) in [6.45, 7) is 0.135. The second kappa shape index (κ2) is 5.61. The van der Waals surface area contributed by atoms with Gasteiger partial charge in [0, 0.05) is 11.8 Å². The van der Waals surface area contributed by atoms with Gasteiger partial charge in [-0.1, -0.05) is 6.07 Å². The zero-order valence-electron chi connectivity index (χ0n) is 10.9. The Balaban J connectivity index is 1.76. The fourth-order valence-electron chi connectivity index (χ4n) is 2.07. The molecule has 3 N–H and O–H groups in total. The fraction of sp³-hybridized carbons (Fsp3) is 0.143. The quantitative estimate of drug-likeness (QED) is 0.832. The van der Waals surface area contributed by atoms with Gasteiger partial charge in [0.25, 0.3) is 0 Å². The van der Waals surface area contributed by atoms with Crippen LogP contribution in [-0.4, -0.2) is 11.1 Å². The van der Waals surface area contributed by atoms with E-state index in [1.165, 1.54) is 0 Å². The molecular formula is C14H12BrN3O3. The van der Waals surface area contributed by atoms with Crippen LogP contribution in [0.5, 0.6) is 5.75 Å². The lowest BCUT2D eigenvalue weighted by atomic mass is 10.2. The van der Waals surface area contributed by atoms with E-state index in [1.54, 1.807) is 6.20 Å². The Bertz CT molecular complexity index is 693. The van der Waals surface area contributed by atoms with Gasteiger partial charge in [-0.2, -0.15) is 0 Å². The summed E-state index contributed by atoms with van der Waals surface area (Å²) in [5.74, 6) is 0.746. The standard InChI is InChI=1S/C14H12BrN3O3/c15-12-6-9(3-4-17-12)13-18-10-5-8(7-20-14(16)19)1-2-11(10)21-13/h1-6,13,18H,7H2,(H2,16,19). The zero-order valence-corrected chi connectivity index (χ0v) is 12.5. The first-order valence-corrected chi connectivity index (χ1v) is 7.01. The Morgan fingerprint density at radius 1 is 1.43 bits per heavy atom. The molecule has 21 heavy (non-hydrogen) atoms. The number of hydrogen-bond donors (Lipinski definition) is 2. The first-order chi connectivity index (χ1) is 10.1. The number of carbonyl (C=O) groups is 1. The molecular weight excluding hydrogens is 338 g/mol. The molecule has 0 saturated heterocycles. The van der Waals surface area contributed by atoms with Crippen LogP contribution < -0.4 is 15.8 Å². The van der Waals surface area contributed by atoms with Crippen LogP contribution in [0.1, 0.15) is 17.4 Å². The van der Waals surface area contributed by atoms with Crippen LogP contribution >= 0.6 is 15.9 Å². The molecule has 2 heterocycles. The topological polar surface area (TPSA) is 86.5 Å². The first-order valence-electron chi connectivity index (χ1n) is 6.21. The Morgan fingerprint density at radius 2 is 2.29 bits per heavy atom. The summed E-state index contributed by atoms with van der Waals surface area (Å²) in [4.78, 5) is 14.7. The van der Waals surface area contributed by atoms with Crippen molar-refractivity contribution >= 4 is 27.7 Å². The van der Waals surface area contributed by atoms with Gasteiger partial charge in [0.05, 0.1) is 5.69 Å². The molecule has 1 amide bonds. The number of halogens is 1. The maximum atomic E-state index is 10.6. The Hall–Kier alpha value is -2.28. The van der Waals surface area contributed by atoms with Gasteiger partial charge >= 0.3 is 6.09 Å². The second-order valence-corrected chi connectivity index (χ2v) is 5.30. The van der Waals surface area contributed by atoms with E-state index in [4.69, 9.17) is 15.2 Å². The van der Waals surface area contributed by atoms with E-state index in [0.717, 1.165) is 27.2 Å². The monoisotopic (exact) mass is 349 g/mol. The van der Waals surface area contributed by atoms with Crippen LogP contribution in [0, 0.1) is 0 Å². The van der Waals surface area contributed by atoms with Gasteiger partial charge in [-0.25, -0.2) is 9.78 Å². The molecule has 1 aliphatic heterocycles. The van der Waals surface area contributed by atoms with Crippen molar-refractivity contribution in [2.24, 2.45) is 5.73 Å². The predicted molar refractivity (Wildman–Crippen MR) is 79.7 cm³/mol. The Morgan fingerprint density at radius 3 is 3.05 bits per heavy atom. The van der Waals surface area contributed by atoms with Crippen LogP contribution in [-0.2, 0) is 11.3 Å². The maximum Gasteiger partial charge on any atom is 0.404 e. The van der Waals surface area contributed by atoms with Crippen molar-refractivity contribution in [2.75, 3.05) is 5.32 Å². The lowest BCUT2D eigenvalue weighted by Crippen LogP contribution is -2.12. The highest BCUT2D eigenvalue weighted by Gasteiger charge is 2.23. The van der Waals surface area contributed by atoms with Gasteiger partial charge in [0.15, 0.2) is 6.23 Å². The fourth-order valence-corrected chi connectivity index (χ4v) is 2.45. The number of anilines is 1. The summed E-state index contributed by atoms with van der Waals surface area (Å²) in [5.41, 5.74) is 7.59. The molecule has 1 aromatic heterocycles. The third kappa shape index (κ3) is 3.08. The molecule has 1 aliphatic rings. The number of pyridine rings is 1. The van der Waals surface area contributed by atoms with Gasteiger partial charge in [0.1, 0.15) is 17.0 Å². The lowest BCUT2D eigenvalue weighted by Gasteiger charge is -2.11. The van der Waals surface area contributed by atoms with E-state index >= 15 is 0 Å². The largest absolute Gasteiger partial charge is 0.464 e. The molecule has 0 bridgehead atoms. The highest BCUT2D eigenvalue weighted by atomic mass is 79.9. The smallest absolute Gasteiger partial charge is 0.404 e. The molecule has 0 fully saturated rings. The van der Waals surface area contributed by atoms with Crippen LogP contribution in [0.3, 0.4) is 0 Å². The van der Waals surface area contributed by atoms with Gasteiger partial charge in [-0.3, -0.25) is 0 Å². The summed E-state index contributed by atoms with van der Waals surface area (Å²) in [7, 11) is 0. The van der Waals surface area contributed by atoms with Crippen LogP contribution in [0.25, 0.3) is 0 Å². The molecule has 1 aromatic carbocycles. The lowest BCUT2D eigenvalue weighted by molar-refractivity contribution is 0.150. The van der Waals surface area contributed by atoms with Crippen molar-refractivity contribution in [3.05, 3.63) is 52.3 Å². The molecule has 1 atom stereocenters. The SMILES string of the molecule is NC(=O)OCc1ccc2c(c1)NC(c1ccnc(Br)c1)O2. The average molecular weight is 350 g/mol. The van der Waals surface area contributed by atoms with Crippen LogP contribution in [0.4, 0.5) is 10.5 Å². The molecule has 0 radical (unpaired) electrons. The third-order valence-corrected chi connectivity index (χ3v) is 3.44. The summed E-state index contributed by atoms with van der Waals surface area (Å²) in [6.07, 6.45) is 0.644.